The van der Waals surface area contributed by atoms with Crippen molar-refractivity contribution in [3.63, 3.8) is 0 Å². The molecular formula is C13H14BrNO. The fraction of sp³-hybridized carbons (Fsp3) is 0.308. The molecule has 1 heterocycles. The molecule has 3 heteroatoms. The van der Waals surface area contributed by atoms with E-state index in [1.54, 1.807) is 6.07 Å². The number of rotatable bonds is 4. The van der Waals surface area contributed by atoms with Gasteiger partial charge in [0.1, 0.15) is 0 Å². The van der Waals surface area contributed by atoms with Crippen LogP contribution in [-0.4, -0.2) is 9.90 Å². The number of unbranched alkanes of at least 4 members (excludes halogenated alkanes) is 1. The van der Waals surface area contributed by atoms with Crippen LogP contribution in [0.15, 0.2) is 41.2 Å². The second kappa shape index (κ2) is 5.30. The van der Waals surface area contributed by atoms with E-state index in [9.17, 15) is 4.79 Å². The molecule has 0 spiro atoms. The van der Waals surface area contributed by atoms with Crippen molar-refractivity contribution in [2.75, 3.05) is 5.33 Å². The normalized spacial score (nSPS) is 10.8. The van der Waals surface area contributed by atoms with Crippen molar-refractivity contribution in [1.29, 1.82) is 0 Å². The molecule has 84 valence electrons. The zero-order valence-electron chi connectivity index (χ0n) is 9.03. The average Bonchev–Trinajstić information content (AvgIpc) is 2.32. The number of hydrogen-bond acceptors (Lipinski definition) is 1. The molecule has 0 aliphatic rings. The van der Waals surface area contributed by atoms with Gasteiger partial charge < -0.3 is 4.57 Å². The van der Waals surface area contributed by atoms with Crippen molar-refractivity contribution in [3.05, 3.63) is 46.8 Å². The van der Waals surface area contributed by atoms with Crippen LogP contribution in [0.4, 0.5) is 0 Å². The predicted octanol–water partition coefficient (Wildman–Crippen LogP) is 3.18. The Labute approximate surface area is 103 Å². The van der Waals surface area contributed by atoms with Gasteiger partial charge >= 0.3 is 0 Å². The van der Waals surface area contributed by atoms with Gasteiger partial charge in [0.15, 0.2) is 0 Å². The van der Waals surface area contributed by atoms with Crippen LogP contribution in [0.25, 0.3) is 10.9 Å². The summed E-state index contributed by atoms with van der Waals surface area (Å²) in [6.45, 7) is 0.797. The first-order valence-corrected chi connectivity index (χ1v) is 6.59. The lowest BCUT2D eigenvalue weighted by Crippen LogP contribution is -2.19. The van der Waals surface area contributed by atoms with Crippen LogP contribution < -0.4 is 5.56 Å². The number of pyridine rings is 1. The van der Waals surface area contributed by atoms with E-state index in [0.717, 1.165) is 35.6 Å². The lowest BCUT2D eigenvalue weighted by Gasteiger charge is -2.09. The molecule has 2 nitrogen and oxygen atoms in total. The summed E-state index contributed by atoms with van der Waals surface area (Å²) in [5.74, 6) is 0. The highest BCUT2D eigenvalue weighted by Gasteiger charge is 2.01. The van der Waals surface area contributed by atoms with Crippen LogP contribution in [0.5, 0.6) is 0 Å². The van der Waals surface area contributed by atoms with Gasteiger partial charge in [-0.3, -0.25) is 4.79 Å². The molecule has 0 aliphatic carbocycles. The topological polar surface area (TPSA) is 22.0 Å². The van der Waals surface area contributed by atoms with Gasteiger partial charge in [-0.15, -0.1) is 0 Å². The average molecular weight is 280 g/mol. The van der Waals surface area contributed by atoms with Crippen LogP contribution in [0.3, 0.4) is 0 Å². The van der Waals surface area contributed by atoms with Gasteiger partial charge in [-0.2, -0.15) is 0 Å². The fourth-order valence-corrected chi connectivity index (χ4v) is 2.24. The number of benzene rings is 1. The van der Waals surface area contributed by atoms with Crippen LogP contribution in [0.2, 0.25) is 0 Å². The monoisotopic (exact) mass is 279 g/mol. The van der Waals surface area contributed by atoms with Crippen molar-refractivity contribution >= 4 is 26.8 Å². The SMILES string of the molecule is O=c1ccc2ccccc2n1CCCCBr. The summed E-state index contributed by atoms with van der Waals surface area (Å²) in [6, 6.07) is 11.5. The maximum absolute atomic E-state index is 11.8. The van der Waals surface area contributed by atoms with Crippen LogP contribution in [0.1, 0.15) is 12.8 Å². The molecule has 16 heavy (non-hydrogen) atoms. The summed E-state index contributed by atoms with van der Waals surface area (Å²) < 4.78 is 1.86. The Morgan fingerprint density at radius 2 is 1.88 bits per heavy atom. The smallest absolute Gasteiger partial charge is 0.251 e. The largest absolute Gasteiger partial charge is 0.308 e. The van der Waals surface area contributed by atoms with E-state index >= 15 is 0 Å². The van der Waals surface area contributed by atoms with Crippen molar-refractivity contribution < 1.29 is 0 Å². The van der Waals surface area contributed by atoms with E-state index < -0.39 is 0 Å². The van der Waals surface area contributed by atoms with Crippen molar-refractivity contribution in [1.82, 2.24) is 4.57 Å². The van der Waals surface area contributed by atoms with Crippen LogP contribution >= 0.6 is 15.9 Å². The molecular weight excluding hydrogens is 266 g/mol. The molecule has 0 amide bonds. The molecule has 1 aromatic heterocycles. The number of hydrogen-bond donors (Lipinski definition) is 0. The number of aryl methyl sites for hydroxylation is 1. The zero-order valence-corrected chi connectivity index (χ0v) is 10.6. The summed E-state index contributed by atoms with van der Waals surface area (Å²) >= 11 is 3.40. The number of para-hydroxylation sites is 1. The van der Waals surface area contributed by atoms with Gasteiger partial charge in [0.2, 0.25) is 0 Å². The molecule has 2 aromatic rings. The number of nitrogens with zero attached hydrogens (tertiary/aromatic N) is 1. The Morgan fingerprint density at radius 1 is 1.06 bits per heavy atom. The molecule has 0 aliphatic heterocycles. The first kappa shape index (κ1) is 11.4. The Bertz CT molecular complexity index is 533. The highest BCUT2D eigenvalue weighted by Crippen LogP contribution is 2.11. The van der Waals surface area contributed by atoms with Crippen LogP contribution in [-0.2, 0) is 6.54 Å². The molecule has 0 bridgehead atoms. The fourth-order valence-electron chi connectivity index (χ4n) is 1.84. The van der Waals surface area contributed by atoms with E-state index in [1.165, 1.54) is 0 Å². The minimum absolute atomic E-state index is 0.0910. The van der Waals surface area contributed by atoms with Crippen molar-refractivity contribution in [2.45, 2.75) is 19.4 Å². The highest BCUT2D eigenvalue weighted by molar-refractivity contribution is 9.09. The van der Waals surface area contributed by atoms with E-state index in [1.807, 2.05) is 34.9 Å². The molecule has 0 N–H and O–H groups in total. The van der Waals surface area contributed by atoms with Gasteiger partial charge in [-0.05, 0) is 30.4 Å². The first-order chi connectivity index (χ1) is 7.83. The molecule has 0 unspecified atom stereocenters. The summed E-state index contributed by atoms with van der Waals surface area (Å²) in [5.41, 5.74) is 1.12. The summed E-state index contributed by atoms with van der Waals surface area (Å²) in [5, 5.41) is 2.12. The minimum Gasteiger partial charge on any atom is -0.308 e. The second-order valence-electron chi connectivity index (χ2n) is 3.78. The molecule has 0 saturated heterocycles. The molecule has 0 fully saturated rings. The maximum Gasteiger partial charge on any atom is 0.251 e. The third-order valence-electron chi connectivity index (χ3n) is 2.66. The number of fused-ring (bicyclic) bond motifs is 1. The van der Waals surface area contributed by atoms with Gasteiger partial charge in [0, 0.05) is 17.9 Å². The lowest BCUT2D eigenvalue weighted by atomic mass is 10.2. The van der Waals surface area contributed by atoms with E-state index in [0.29, 0.717) is 0 Å². The molecule has 0 saturated carbocycles. The van der Waals surface area contributed by atoms with Gasteiger partial charge in [-0.1, -0.05) is 34.1 Å². The molecule has 0 atom stereocenters. The quantitative estimate of drug-likeness (QED) is 0.622. The minimum atomic E-state index is 0.0910. The summed E-state index contributed by atoms with van der Waals surface area (Å²) in [4.78, 5) is 11.8. The van der Waals surface area contributed by atoms with Gasteiger partial charge in [0.05, 0.1) is 5.52 Å². The third kappa shape index (κ3) is 2.35. The summed E-state index contributed by atoms with van der Waals surface area (Å²) in [6.07, 6.45) is 2.12. The lowest BCUT2D eigenvalue weighted by molar-refractivity contribution is 0.636. The standard InChI is InChI=1S/C13H14BrNO/c14-9-3-4-10-15-12-6-2-1-5-11(12)7-8-13(15)16/h1-2,5-8H,3-4,9-10H2. The Morgan fingerprint density at radius 3 is 2.69 bits per heavy atom. The van der Waals surface area contributed by atoms with E-state index in [2.05, 4.69) is 15.9 Å². The molecule has 0 radical (unpaired) electrons. The van der Waals surface area contributed by atoms with E-state index in [4.69, 9.17) is 0 Å². The van der Waals surface area contributed by atoms with Gasteiger partial charge in [0.25, 0.3) is 5.56 Å². The van der Waals surface area contributed by atoms with Crippen molar-refractivity contribution in [2.24, 2.45) is 0 Å². The summed E-state index contributed by atoms with van der Waals surface area (Å²) in [7, 11) is 0. The Balaban J connectivity index is 2.41. The number of aromatic nitrogens is 1. The first-order valence-electron chi connectivity index (χ1n) is 5.47. The Kier molecular flexibility index (Phi) is 3.78. The second-order valence-corrected chi connectivity index (χ2v) is 4.57. The predicted molar refractivity (Wildman–Crippen MR) is 71.2 cm³/mol. The zero-order chi connectivity index (χ0) is 11.4. The highest BCUT2D eigenvalue weighted by atomic mass is 79.9. The van der Waals surface area contributed by atoms with Crippen molar-refractivity contribution in [3.8, 4) is 0 Å². The van der Waals surface area contributed by atoms with Gasteiger partial charge in [-0.25, -0.2) is 0 Å². The number of alkyl halides is 1. The van der Waals surface area contributed by atoms with Crippen LogP contribution in [0, 0.1) is 0 Å². The maximum atomic E-state index is 11.8. The Hall–Kier alpha value is -1.09. The number of halogens is 1. The third-order valence-corrected chi connectivity index (χ3v) is 3.23. The van der Waals surface area contributed by atoms with E-state index in [-0.39, 0.29) is 5.56 Å². The molecule has 1 aromatic carbocycles. The molecule has 2 rings (SSSR count).